The van der Waals surface area contributed by atoms with E-state index in [1.807, 2.05) is 25.1 Å². The maximum Gasteiger partial charge on any atom is 0.0480 e. The Morgan fingerprint density at radius 3 is 2.60 bits per heavy atom. The fourth-order valence-electron chi connectivity index (χ4n) is 0.903. The zero-order valence-electron chi connectivity index (χ0n) is 5.89. The summed E-state index contributed by atoms with van der Waals surface area (Å²) in [6.45, 7) is 5.68. The van der Waals surface area contributed by atoms with Gasteiger partial charge in [0.25, 0.3) is 0 Å². The fourth-order valence-corrected chi connectivity index (χ4v) is 1.20. The van der Waals surface area contributed by atoms with Crippen molar-refractivity contribution in [1.29, 1.82) is 0 Å². The first kappa shape index (κ1) is 7.36. The Morgan fingerprint density at radius 1 is 1.50 bits per heavy atom. The van der Waals surface area contributed by atoms with E-state index >= 15 is 0 Å². The molecule has 1 heteroatoms. The molecule has 0 N–H and O–H groups in total. The van der Waals surface area contributed by atoms with Crippen molar-refractivity contribution < 1.29 is 0 Å². The minimum absolute atomic E-state index is 0.773. The summed E-state index contributed by atoms with van der Waals surface area (Å²) >= 11 is 5.86. The molecular weight excluding hydrogens is 144 g/mol. The van der Waals surface area contributed by atoms with Gasteiger partial charge in [-0.05, 0) is 24.1 Å². The third kappa shape index (κ3) is 1.22. The largest absolute Gasteiger partial charge is 0.0984 e. The van der Waals surface area contributed by atoms with E-state index in [-0.39, 0.29) is 0 Å². The second kappa shape index (κ2) is 2.89. The van der Waals surface area contributed by atoms with Crippen molar-refractivity contribution in [3.05, 3.63) is 40.9 Å². The molecule has 0 amide bonds. The Morgan fingerprint density at radius 2 is 2.20 bits per heavy atom. The molecule has 0 heterocycles. The van der Waals surface area contributed by atoms with E-state index in [4.69, 9.17) is 11.6 Å². The molecular formula is C9H9Cl. The van der Waals surface area contributed by atoms with Crippen LogP contribution in [0.15, 0.2) is 24.8 Å². The Hall–Kier alpha value is -0.750. The van der Waals surface area contributed by atoms with E-state index in [9.17, 15) is 0 Å². The molecule has 1 aromatic carbocycles. The minimum Gasteiger partial charge on any atom is -0.0984 e. The van der Waals surface area contributed by atoms with Gasteiger partial charge in [-0.15, -0.1) is 0 Å². The number of aryl methyl sites for hydroxylation is 1. The van der Waals surface area contributed by atoms with Crippen molar-refractivity contribution in [3.8, 4) is 0 Å². The smallest absolute Gasteiger partial charge is 0.0480 e. The van der Waals surface area contributed by atoms with E-state index in [2.05, 4.69) is 6.58 Å². The van der Waals surface area contributed by atoms with Crippen LogP contribution in [-0.4, -0.2) is 0 Å². The molecule has 0 radical (unpaired) electrons. The average molecular weight is 153 g/mol. The van der Waals surface area contributed by atoms with Crippen LogP contribution in [0, 0.1) is 6.92 Å². The van der Waals surface area contributed by atoms with Gasteiger partial charge in [0.1, 0.15) is 0 Å². The first-order valence-corrected chi connectivity index (χ1v) is 3.51. The number of halogens is 1. The standard InChI is InChI=1S/C9H9Cl/c1-3-8-7(2)5-4-6-9(8)10/h3-6H,1H2,2H3. The number of benzene rings is 1. The minimum atomic E-state index is 0.773. The van der Waals surface area contributed by atoms with E-state index in [0.717, 1.165) is 10.6 Å². The van der Waals surface area contributed by atoms with Gasteiger partial charge in [-0.1, -0.05) is 36.4 Å². The summed E-state index contributed by atoms with van der Waals surface area (Å²) in [4.78, 5) is 0. The molecule has 0 spiro atoms. The SMILES string of the molecule is C=Cc1c(C)cccc1Cl. The summed E-state index contributed by atoms with van der Waals surface area (Å²) in [7, 11) is 0. The summed E-state index contributed by atoms with van der Waals surface area (Å²) in [6, 6.07) is 5.82. The van der Waals surface area contributed by atoms with E-state index < -0.39 is 0 Å². The Labute approximate surface area is 66.1 Å². The van der Waals surface area contributed by atoms with Crippen LogP contribution in [0.2, 0.25) is 5.02 Å². The molecule has 0 fully saturated rings. The third-order valence-corrected chi connectivity index (χ3v) is 1.80. The van der Waals surface area contributed by atoms with E-state index in [1.165, 1.54) is 5.56 Å². The molecule has 10 heavy (non-hydrogen) atoms. The van der Waals surface area contributed by atoms with Crippen molar-refractivity contribution >= 4 is 17.7 Å². The lowest BCUT2D eigenvalue weighted by atomic mass is 10.1. The number of rotatable bonds is 1. The summed E-state index contributed by atoms with van der Waals surface area (Å²) in [5.74, 6) is 0. The van der Waals surface area contributed by atoms with E-state index in [1.54, 1.807) is 6.08 Å². The van der Waals surface area contributed by atoms with E-state index in [0.29, 0.717) is 0 Å². The van der Waals surface area contributed by atoms with Crippen LogP contribution < -0.4 is 0 Å². The highest BCUT2D eigenvalue weighted by Crippen LogP contribution is 2.19. The molecule has 0 aliphatic carbocycles. The lowest BCUT2D eigenvalue weighted by Gasteiger charge is -2.00. The quantitative estimate of drug-likeness (QED) is 0.580. The second-order valence-corrected chi connectivity index (χ2v) is 2.58. The summed E-state index contributed by atoms with van der Waals surface area (Å²) in [6.07, 6.45) is 1.78. The number of hydrogen-bond acceptors (Lipinski definition) is 0. The van der Waals surface area contributed by atoms with Crippen LogP contribution in [0.5, 0.6) is 0 Å². The van der Waals surface area contributed by atoms with Crippen LogP contribution in [0.1, 0.15) is 11.1 Å². The van der Waals surface area contributed by atoms with Gasteiger partial charge in [-0.25, -0.2) is 0 Å². The Balaban J connectivity index is 3.30. The second-order valence-electron chi connectivity index (χ2n) is 2.17. The monoisotopic (exact) mass is 152 g/mol. The predicted molar refractivity (Wildman–Crippen MR) is 46.3 cm³/mol. The maximum atomic E-state index is 5.86. The zero-order valence-corrected chi connectivity index (χ0v) is 6.65. The highest BCUT2D eigenvalue weighted by Gasteiger charge is 1.96. The fraction of sp³-hybridized carbons (Fsp3) is 0.111. The molecule has 0 saturated heterocycles. The topological polar surface area (TPSA) is 0 Å². The zero-order chi connectivity index (χ0) is 7.56. The van der Waals surface area contributed by atoms with Crippen LogP contribution in [-0.2, 0) is 0 Å². The molecule has 0 saturated carbocycles. The van der Waals surface area contributed by atoms with Crippen LogP contribution in [0.3, 0.4) is 0 Å². The maximum absolute atomic E-state index is 5.86. The van der Waals surface area contributed by atoms with Crippen LogP contribution >= 0.6 is 11.6 Å². The van der Waals surface area contributed by atoms with Gasteiger partial charge >= 0.3 is 0 Å². The molecule has 0 nitrogen and oxygen atoms in total. The Bertz CT molecular complexity index is 231. The van der Waals surface area contributed by atoms with Crippen molar-refractivity contribution in [2.24, 2.45) is 0 Å². The summed E-state index contributed by atoms with van der Waals surface area (Å²) in [5.41, 5.74) is 2.20. The van der Waals surface area contributed by atoms with Gasteiger partial charge < -0.3 is 0 Å². The van der Waals surface area contributed by atoms with Crippen molar-refractivity contribution in [1.82, 2.24) is 0 Å². The summed E-state index contributed by atoms with van der Waals surface area (Å²) < 4.78 is 0. The molecule has 0 aliphatic heterocycles. The van der Waals surface area contributed by atoms with Gasteiger partial charge in [-0.2, -0.15) is 0 Å². The molecule has 0 aromatic heterocycles. The van der Waals surface area contributed by atoms with Gasteiger partial charge in [0.15, 0.2) is 0 Å². The molecule has 1 rings (SSSR count). The van der Waals surface area contributed by atoms with Gasteiger partial charge in [0.05, 0.1) is 0 Å². The van der Waals surface area contributed by atoms with Crippen molar-refractivity contribution in [2.75, 3.05) is 0 Å². The van der Waals surface area contributed by atoms with Crippen molar-refractivity contribution in [3.63, 3.8) is 0 Å². The van der Waals surface area contributed by atoms with Gasteiger partial charge in [0, 0.05) is 5.02 Å². The molecule has 0 atom stereocenters. The highest BCUT2D eigenvalue weighted by molar-refractivity contribution is 6.32. The molecule has 0 bridgehead atoms. The van der Waals surface area contributed by atoms with Crippen LogP contribution in [0.25, 0.3) is 6.08 Å². The molecule has 0 aliphatic rings. The molecule has 1 aromatic rings. The highest BCUT2D eigenvalue weighted by atomic mass is 35.5. The normalized spacial score (nSPS) is 9.40. The average Bonchev–Trinajstić information content (AvgIpc) is 1.88. The third-order valence-electron chi connectivity index (χ3n) is 1.48. The van der Waals surface area contributed by atoms with Gasteiger partial charge in [-0.3, -0.25) is 0 Å². The molecule has 0 unspecified atom stereocenters. The lowest BCUT2D eigenvalue weighted by Crippen LogP contribution is -1.79. The Kier molecular flexibility index (Phi) is 2.13. The van der Waals surface area contributed by atoms with Gasteiger partial charge in [0.2, 0.25) is 0 Å². The first-order valence-electron chi connectivity index (χ1n) is 3.13. The first-order chi connectivity index (χ1) is 4.75. The number of hydrogen-bond donors (Lipinski definition) is 0. The lowest BCUT2D eigenvalue weighted by molar-refractivity contribution is 1.45. The van der Waals surface area contributed by atoms with Crippen LogP contribution in [0.4, 0.5) is 0 Å². The summed E-state index contributed by atoms with van der Waals surface area (Å²) in [5, 5.41) is 0.773. The predicted octanol–water partition coefficient (Wildman–Crippen LogP) is 3.29. The molecule has 52 valence electrons. The van der Waals surface area contributed by atoms with Crippen molar-refractivity contribution in [2.45, 2.75) is 6.92 Å².